The predicted molar refractivity (Wildman–Crippen MR) is 171 cm³/mol. The van der Waals surface area contributed by atoms with E-state index in [0.717, 1.165) is 10.8 Å². The first kappa shape index (κ1) is 30.2. The van der Waals surface area contributed by atoms with Crippen LogP contribution in [0.25, 0.3) is 10.8 Å². The number of fused-ring (bicyclic) bond motifs is 1. The van der Waals surface area contributed by atoms with Gasteiger partial charge in [0.05, 0.1) is 0 Å². The van der Waals surface area contributed by atoms with Crippen molar-refractivity contribution >= 4 is 58.1 Å². The first-order chi connectivity index (χ1) is 19.6. The fourth-order valence-electron chi connectivity index (χ4n) is 4.33. The van der Waals surface area contributed by atoms with E-state index < -0.39 is 7.92 Å². The zero-order valence-electron chi connectivity index (χ0n) is 21.9. The van der Waals surface area contributed by atoms with Gasteiger partial charge in [-0.2, -0.15) is 0 Å². The summed E-state index contributed by atoms with van der Waals surface area (Å²) < 4.78 is 0. The molecule has 2 N–H and O–H groups in total. The van der Waals surface area contributed by atoms with Crippen molar-refractivity contribution in [3.63, 3.8) is 0 Å². The number of phenols is 2. The monoisotopic (exact) mass is 665 g/mol. The maximum atomic E-state index is 10.0. The van der Waals surface area contributed by atoms with E-state index in [1.807, 2.05) is 30.3 Å². The molecule has 0 bridgehead atoms. The molecule has 0 radical (unpaired) electrons. The van der Waals surface area contributed by atoms with Crippen LogP contribution in [-0.4, -0.2) is 16.4 Å². The molecule has 3 nitrogen and oxygen atoms in total. The Morgan fingerprint density at radius 1 is 0.561 bits per heavy atom. The van der Waals surface area contributed by atoms with Gasteiger partial charge in [0.2, 0.25) is 0 Å². The first-order valence-electron chi connectivity index (χ1n) is 12.8. The molecule has 0 aromatic heterocycles. The number of benzene rings is 6. The Morgan fingerprint density at radius 3 is 1.61 bits per heavy atom. The summed E-state index contributed by atoms with van der Waals surface area (Å²) >= 11 is 5.89. The molecule has 6 rings (SSSR count). The van der Waals surface area contributed by atoms with Crippen molar-refractivity contribution in [2.24, 2.45) is 4.99 Å². The third-order valence-corrected chi connectivity index (χ3v) is 8.94. The second kappa shape index (κ2) is 14.7. The van der Waals surface area contributed by atoms with Gasteiger partial charge in [-0.1, -0.05) is 133 Å². The Hall–Kier alpha value is -3.77. The quantitative estimate of drug-likeness (QED) is 0.111. The van der Waals surface area contributed by atoms with Crippen LogP contribution < -0.4 is 15.9 Å². The summed E-state index contributed by atoms with van der Waals surface area (Å²) in [5.41, 5.74) is 0.960. The van der Waals surface area contributed by atoms with Crippen LogP contribution in [0.15, 0.2) is 151 Å². The number of rotatable bonds is 5. The van der Waals surface area contributed by atoms with Gasteiger partial charge in [0.25, 0.3) is 0 Å². The van der Waals surface area contributed by atoms with Crippen molar-refractivity contribution in [2.45, 2.75) is 0 Å². The van der Waals surface area contributed by atoms with Gasteiger partial charge in [-0.3, -0.25) is 4.99 Å². The molecule has 41 heavy (non-hydrogen) atoms. The molecule has 0 saturated heterocycles. The molecule has 206 valence electrons. The number of hydrogen-bond acceptors (Lipinski definition) is 3. The van der Waals surface area contributed by atoms with Gasteiger partial charge in [0, 0.05) is 37.2 Å². The van der Waals surface area contributed by atoms with Crippen LogP contribution >= 0.6 is 19.5 Å². The molecular weight excluding hydrogens is 639 g/mol. The molecule has 0 amide bonds. The fraction of sp³-hybridized carbons (Fsp3) is 0. The van der Waals surface area contributed by atoms with Crippen molar-refractivity contribution < 1.29 is 30.6 Å². The molecule has 6 aromatic rings. The summed E-state index contributed by atoms with van der Waals surface area (Å²) in [6, 6.07) is 48.1. The van der Waals surface area contributed by atoms with E-state index in [9.17, 15) is 10.2 Å². The summed E-state index contributed by atoms with van der Waals surface area (Å²) in [7, 11) is -0.446. The molecule has 6 aromatic carbocycles. The van der Waals surface area contributed by atoms with Crippen LogP contribution in [0.5, 0.6) is 11.5 Å². The van der Waals surface area contributed by atoms with Gasteiger partial charge in [0.15, 0.2) is 0 Å². The van der Waals surface area contributed by atoms with E-state index >= 15 is 0 Å². The molecule has 0 unspecified atom stereocenters. The van der Waals surface area contributed by atoms with Gasteiger partial charge in [-0.05, 0) is 58.9 Å². The molecule has 0 aliphatic carbocycles. The Bertz CT molecular complexity index is 1640. The Kier molecular flexibility index (Phi) is 10.9. The minimum atomic E-state index is -0.446. The summed E-state index contributed by atoms with van der Waals surface area (Å²) in [6.45, 7) is 0. The van der Waals surface area contributed by atoms with E-state index in [0.29, 0.717) is 16.3 Å². The van der Waals surface area contributed by atoms with Crippen LogP contribution in [0.4, 0.5) is 5.69 Å². The van der Waals surface area contributed by atoms with E-state index in [1.165, 1.54) is 28.2 Å². The number of aromatic hydroxyl groups is 2. The summed E-state index contributed by atoms with van der Waals surface area (Å²) in [5, 5.41) is 26.4. The van der Waals surface area contributed by atoms with Crippen LogP contribution in [0, 0.1) is 0 Å². The van der Waals surface area contributed by atoms with Gasteiger partial charge in [0.1, 0.15) is 17.2 Å². The SMILES string of the molecule is Oc1ccc(Cl)cc1N=Cc1c(O)ccc2ccccc12.[Pd].c1ccc(P(c2ccccc2)c2ccccc2)cc1. The van der Waals surface area contributed by atoms with Crippen LogP contribution in [-0.2, 0) is 20.4 Å². The second-order valence-corrected chi connectivity index (χ2v) is 11.6. The normalized spacial score (nSPS) is 10.7. The maximum absolute atomic E-state index is 10.0. The molecule has 0 heterocycles. The first-order valence-corrected chi connectivity index (χ1v) is 14.5. The van der Waals surface area contributed by atoms with Crippen LogP contribution in [0.1, 0.15) is 5.56 Å². The predicted octanol–water partition coefficient (Wildman–Crippen LogP) is 8.10. The zero-order valence-corrected chi connectivity index (χ0v) is 25.1. The average molecular weight is 666 g/mol. The van der Waals surface area contributed by atoms with Gasteiger partial charge < -0.3 is 10.2 Å². The van der Waals surface area contributed by atoms with Crippen molar-refractivity contribution in [3.05, 3.63) is 156 Å². The maximum Gasteiger partial charge on any atom is 0.141 e. The zero-order chi connectivity index (χ0) is 27.7. The molecule has 0 fully saturated rings. The number of nitrogens with zero attached hydrogens (tertiary/aromatic N) is 1. The molecule has 6 heteroatoms. The average Bonchev–Trinajstić information content (AvgIpc) is 3.00. The van der Waals surface area contributed by atoms with Gasteiger partial charge in [-0.15, -0.1) is 0 Å². The third-order valence-electron chi connectivity index (χ3n) is 6.26. The van der Waals surface area contributed by atoms with Crippen LogP contribution in [0.3, 0.4) is 0 Å². The fourth-order valence-corrected chi connectivity index (χ4v) is 6.80. The van der Waals surface area contributed by atoms with E-state index in [4.69, 9.17) is 11.6 Å². The van der Waals surface area contributed by atoms with Crippen LogP contribution in [0.2, 0.25) is 5.02 Å². The molecule has 0 aliphatic heterocycles. The minimum absolute atomic E-state index is 0. The Balaban J connectivity index is 0.000000185. The van der Waals surface area contributed by atoms with Crippen molar-refractivity contribution in [2.75, 3.05) is 0 Å². The molecule has 0 saturated carbocycles. The Morgan fingerprint density at radius 2 is 1.05 bits per heavy atom. The number of hydrogen-bond donors (Lipinski definition) is 2. The molecule has 0 atom stereocenters. The summed E-state index contributed by atoms with van der Waals surface area (Å²) in [4.78, 5) is 4.23. The molecule has 0 spiro atoms. The number of aliphatic imine (C=N–C) groups is 1. The van der Waals surface area contributed by atoms with E-state index in [1.54, 1.807) is 18.2 Å². The Labute approximate surface area is 260 Å². The summed E-state index contributed by atoms with van der Waals surface area (Å²) in [6.07, 6.45) is 1.53. The second-order valence-electron chi connectivity index (χ2n) is 8.95. The van der Waals surface area contributed by atoms with E-state index in [2.05, 4.69) is 96.0 Å². The largest absolute Gasteiger partial charge is 0.507 e. The van der Waals surface area contributed by atoms with Gasteiger partial charge >= 0.3 is 0 Å². The molecule has 0 aliphatic rings. The summed E-state index contributed by atoms with van der Waals surface area (Å²) in [5.74, 6) is 0.175. The third kappa shape index (κ3) is 7.71. The molecular formula is C35H27ClNO2PPd. The van der Waals surface area contributed by atoms with E-state index in [-0.39, 0.29) is 31.9 Å². The standard InChI is InChI=1S/C18H15P.C17H12ClNO2.Pd/c1-4-10-16(11-5-1)19(17-12-6-2-7-13-17)18-14-8-3-9-15-18;18-12-6-8-17(21)15(9-12)19-10-14-13-4-2-1-3-11(13)5-7-16(14)20;/h1-15H;1-10,20-21H;. The van der Waals surface area contributed by atoms with Crippen molar-refractivity contribution in [1.29, 1.82) is 0 Å². The van der Waals surface area contributed by atoms with Crippen molar-refractivity contribution in [3.8, 4) is 11.5 Å². The minimum Gasteiger partial charge on any atom is -0.507 e. The number of halogens is 1. The van der Waals surface area contributed by atoms with Gasteiger partial charge in [-0.25, -0.2) is 0 Å². The smallest absolute Gasteiger partial charge is 0.141 e. The number of phenolic OH excluding ortho intramolecular Hbond substituents is 2. The topological polar surface area (TPSA) is 52.8 Å². The van der Waals surface area contributed by atoms with Crippen molar-refractivity contribution in [1.82, 2.24) is 0 Å².